The average Bonchev–Trinajstić information content (AvgIpc) is 3.12. The minimum absolute atomic E-state index is 0.152. The molecule has 0 atom stereocenters. The second-order valence-electron chi connectivity index (χ2n) is 14.9. The van der Waals surface area contributed by atoms with E-state index in [1.54, 1.807) is 12.2 Å². The van der Waals surface area contributed by atoms with Crippen LogP contribution >= 0.6 is 0 Å². The summed E-state index contributed by atoms with van der Waals surface area (Å²) in [5.74, 6) is -0.305. The van der Waals surface area contributed by atoms with Gasteiger partial charge < -0.3 is 19.5 Å². The third kappa shape index (κ3) is 35.2. The number of hydrogen-bond acceptors (Lipinski definition) is 6. The minimum Gasteiger partial charge on any atom is -0.463 e. The summed E-state index contributed by atoms with van der Waals surface area (Å²) < 4.78 is 11.1. The molecule has 0 aliphatic carbocycles. The lowest BCUT2D eigenvalue weighted by molar-refractivity contribution is -0.138. The maximum Gasteiger partial charge on any atom is 0.330 e. The number of esters is 2. The van der Waals surface area contributed by atoms with Crippen LogP contribution in [-0.2, 0) is 19.1 Å². The van der Waals surface area contributed by atoms with Crippen LogP contribution in [0, 0.1) is 0 Å². The fraction of sp³-hybridized carbons (Fsp3) is 0.867. The highest BCUT2D eigenvalue weighted by atomic mass is 16.5. The van der Waals surface area contributed by atoms with Gasteiger partial charge in [0.1, 0.15) is 0 Å². The van der Waals surface area contributed by atoms with Crippen molar-refractivity contribution in [2.24, 2.45) is 0 Å². The lowest BCUT2D eigenvalue weighted by Crippen LogP contribution is -2.27. The zero-order valence-corrected chi connectivity index (χ0v) is 34.4. The molecular formula is C45H85NO5. The predicted octanol–water partition coefficient (Wildman–Crippen LogP) is 12.6. The van der Waals surface area contributed by atoms with Gasteiger partial charge in [0.2, 0.25) is 0 Å². The highest BCUT2D eigenvalue weighted by Gasteiger charge is 2.07. The Hall–Kier alpha value is -1.66. The fourth-order valence-electron chi connectivity index (χ4n) is 6.59. The first-order chi connectivity index (χ1) is 25.0. The lowest BCUT2D eigenvalue weighted by Gasteiger charge is -2.22. The molecule has 0 aromatic carbocycles. The molecule has 300 valence electrons. The number of hydrogen-bond donors (Lipinski definition) is 1. The van der Waals surface area contributed by atoms with Crippen molar-refractivity contribution in [3.63, 3.8) is 0 Å². The average molecular weight is 720 g/mol. The molecule has 0 fully saturated rings. The van der Waals surface area contributed by atoms with Gasteiger partial charge in [0.05, 0.1) is 13.2 Å². The van der Waals surface area contributed by atoms with E-state index >= 15 is 0 Å². The summed E-state index contributed by atoms with van der Waals surface area (Å²) in [6.45, 7) is 13.3. The molecule has 6 heteroatoms. The number of ether oxygens (including phenoxy) is 2. The first-order valence-electron chi connectivity index (χ1n) is 22.1. The molecular weight excluding hydrogens is 634 g/mol. The van der Waals surface area contributed by atoms with E-state index in [4.69, 9.17) is 9.47 Å². The van der Waals surface area contributed by atoms with Gasteiger partial charge in [-0.2, -0.15) is 0 Å². The molecule has 0 aromatic rings. The maximum absolute atomic E-state index is 12.4. The largest absolute Gasteiger partial charge is 0.463 e. The number of unbranched alkanes of at least 4 members (excludes halogenated alkanes) is 18. The van der Waals surface area contributed by atoms with Gasteiger partial charge in [-0.3, -0.25) is 0 Å². The summed E-state index contributed by atoms with van der Waals surface area (Å²) in [6.07, 6.45) is 36.8. The van der Waals surface area contributed by atoms with Crippen LogP contribution in [0.2, 0.25) is 0 Å². The molecule has 0 saturated heterocycles. The predicted molar refractivity (Wildman–Crippen MR) is 218 cm³/mol. The second kappa shape index (κ2) is 39.5. The Bertz CT molecular complexity index is 774. The third-order valence-electron chi connectivity index (χ3n) is 9.91. The molecule has 1 N–H and O–H groups in total. The monoisotopic (exact) mass is 720 g/mol. The molecule has 0 unspecified atom stereocenters. The van der Waals surface area contributed by atoms with Gasteiger partial charge in [-0.25, -0.2) is 9.59 Å². The van der Waals surface area contributed by atoms with Crippen molar-refractivity contribution in [1.29, 1.82) is 0 Å². The second-order valence-corrected chi connectivity index (χ2v) is 14.9. The maximum atomic E-state index is 12.4. The summed E-state index contributed by atoms with van der Waals surface area (Å²) in [6, 6.07) is 0. The number of rotatable bonds is 39. The van der Waals surface area contributed by atoms with Crippen molar-refractivity contribution in [1.82, 2.24) is 4.90 Å². The Balaban J connectivity index is 4.12. The normalized spacial score (nSPS) is 12.2. The number of aliphatic hydroxyl groups is 1. The Kier molecular flexibility index (Phi) is 38.3. The van der Waals surface area contributed by atoms with Gasteiger partial charge in [-0.05, 0) is 96.6 Å². The lowest BCUT2D eigenvalue weighted by atomic mass is 10.0. The Morgan fingerprint density at radius 3 is 1.18 bits per heavy atom. The smallest absolute Gasteiger partial charge is 0.330 e. The molecule has 0 bridgehead atoms. The highest BCUT2D eigenvalue weighted by Crippen LogP contribution is 2.19. The summed E-state index contributed by atoms with van der Waals surface area (Å²) >= 11 is 0. The van der Waals surface area contributed by atoms with Crippen LogP contribution in [0.15, 0.2) is 23.3 Å². The molecule has 6 nitrogen and oxygen atoms in total. The van der Waals surface area contributed by atoms with Crippen molar-refractivity contribution < 1.29 is 24.2 Å². The highest BCUT2D eigenvalue weighted by molar-refractivity contribution is 5.83. The van der Waals surface area contributed by atoms with Crippen LogP contribution in [0.4, 0.5) is 0 Å². The minimum atomic E-state index is -0.152. The van der Waals surface area contributed by atoms with Gasteiger partial charge in [0, 0.05) is 25.3 Å². The molecule has 0 aliphatic heterocycles. The summed E-state index contributed by atoms with van der Waals surface area (Å²) in [7, 11) is 0. The molecule has 0 rings (SSSR count). The van der Waals surface area contributed by atoms with Crippen molar-refractivity contribution in [3.8, 4) is 0 Å². The summed E-state index contributed by atoms with van der Waals surface area (Å²) in [5, 5.41) is 9.38. The summed E-state index contributed by atoms with van der Waals surface area (Å²) in [4.78, 5) is 27.3. The SMILES string of the molecule is CCCCCCC/C(=C/C(=O)OCCCCCCCN(CCCO)CCCCCCCOC(=O)/C=C(\CCCC)CCCCCCC)CCCC. The molecule has 0 aromatic heterocycles. The molecule has 0 radical (unpaired) electrons. The zero-order valence-electron chi connectivity index (χ0n) is 34.4. The molecule has 0 amide bonds. The topological polar surface area (TPSA) is 76.1 Å². The number of aliphatic hydroxyl groups excluding tert-OH is 1. The number of nitrogens with zero attached hydrogens (tertiary/aromatic N) is 1. The molecule has 0 saturated carbocycles. The Morgan fingerprint density at radius 1 is 0.431 bits per heavy atom. The quantitative estimate of drug-likeness (QED) is 0.0387. The van der Waals surface area contributed by atoms with Crippen LogP contribution in [-0.4, -0.2) is 61.4 Å². The van der Waals surface area contributed by atoms with E-state index in [0.717, 1.165) is 103 Å². The fourth-order valence-corrected chi connectivity index (χ4v) is 6.59. The van der Waals surface area contributed by atoms with Crippen LogP contribution in [0.3, 0.4) is 0 Å². The van der Waals surface area contributed by atoms with Crippen molar-refractivity contribution in [2.75, 3.05) is 39.5 Å². The van der Waals surface area contributed by atoms with Crippen LogP contribution in [0.25, 0.3) is 0 Å². The van der Waals surface area contributed by atoms with E-state index in [-0.39, 0.29) is 18.5 Å². The van der Waals surface area contributed by atoms with E-state index in [1.165, 1.54) is 114 Å². The van der Waals surface area contributed by atoms with Crippen molar-refractivity contribution in [3.05, 3.63) is 23.3 Å². The third-order valence-corrected chi connectivity index (χ3v) is 9.91. The first kappa shape index (κ1) is 49.3. The zero-order chi connectivity index (χ0) is 37.5. The van der Waals surface area contributed by atoms with E-state index in [2.05, 4.69) is 32.6 Å². The van der Waals surface area contributed by atoms with Gasteiger partial charge in [0.15, 0.2) is 0 Å². The molecule has 0 heterocycles. The van der Waals surface area contributed by atoms with Crippen LogP contribution in [0.5, 0.6) is 0 Å². The van der Waals surface area contributed by atoms with Crippen LogP contribution < -0.4 is 0 Å². The Morgan fingerprint density at radius 2 is 0.765 bits per heavy atom. The van der Waals surface area contributed by atoms with E-state index in [1.807, 2.05) is 0 Å². The van der Waals surface area contributed by atoms with Crippen LogP contribution in [0.1, 0.15) is 214 Å². The molecule has 51 heavy (non-hydrogen) atoms. The Labute approximate surface area is 317 Å². The number of carbonyl (C=O) groups is 2. The molecule has 0 spiro atoms. The van der Waals surface area contributed by atoms with E-state index in [9.17, 15) is 14.7 Å². The number of allylic oxidation sites excluding steroid dienone is 2. The van der Waals surface area contributed by atoms with Gasteiger partial charge in [-0.1, -0.05) is 142 Å². The van der Waals surface area contributed by atoms with Gasteiger partial charge >= 0.3 is 11.9 Å². The van der Waals surface area contributed by atoms with Gasteiger partial charge in [0.25, 0.3) is 0 Å². The van der Waals surface area contributed by atoms with E-state index < -0.39 is 0 Å². The summed E-state index contributed by atoms with van der Waals surface area (Å²) in [5.41, 5.74) is 2.54. The van der Waals surface area contributed by atoms with E-state index in [0.29, 0.717) is 13.2 Å². The standard InChI is InChI=1S/C45H85NO5/c1-5-9-13-17-23-32-42(30-11-7-3)40-44(48)50-38-27-21-15-19-25-34-46(36-29-37-47)35-26-20-16-22-28-39-51-45(49)41-43(31-12-8-4)33-24-18-14-10-6-2/h40-41,47H,5-39H2,1-4H3/b42-40+,43-41+. The van der Waals surface area contributed by atoms with Gasteiger partial charge in [-0.15, -0.1) is 0 Å². The number of carbonyl (C=O) groups excluding carboxylic acids is 2. The molecule has 0 aliphatic rings. The first-order valence-corrected chi connectivity index (χ1v) is 22.1. The van der Waals surface area contributed by atoms with Crippen molar-refractivity contribution >= 4 is 11.9 Å². The van der Waals surface area contributed by atoms with Crippen molar-refractivity contribution in [2.45, 2.75) is 214 Å².